The molecule has 2 N–H and O–H groups in total. The van der Waals surface area contributed by atoms with Crippen molar-refractivity contribution < 1.29 is 13.9 Å². The Labute approximate surface area is 131 Å². The fourth-order valence-corrected chi connectivity index (χ4v) is 2.68. The molecule has 1 aliphatic rings. The molecule has 0 radical (unpaired) electrons. The second-order valence-corrected chi connectivity index (χ2v) is 6.62. The van der Waals surface area contributed by atoms with Crippen molar-refractivity contribution in [1.29, 1.82) is 0 Å². The van der Waals surface area contributed by atoms with Crippen LogP contribution in [0.15, 0.2) is 24.3 Å². The van der Waals surface area contributed by atoms with Crippen molar-refractivity contribution in [1.82, 2.24) is 10.6 Å². The second kappa shape index (κ2) is 7.09. The van der Waals surface area contributed by atoms with E-state index in [2.05, 4.69) is 10.6 Å². The molecule has 0 aromatic heterocycles. The van der Waals surface area contributed by atoms with E-state index >= 15 is 0 Å². The number of benzene rings is 1. The van der Waals surface area contributed by atoms with Crippen LogP contribution < -0.4 is 10.6 Å². The minimum absolute atomic E-state index is 0.154. The van der Waals surface area contributed by atoms with Gasteiger partial charge in [0.05, 0.1) is 6.10 Å². The zero-order valence-electron chi connectivity index (χ0n) is 13.5. The molecule has 4 nitrogen and oxygen atoms in total. The predicted octanol–water partition coefficient (Wildman–Crippen LogP) is 2.97. The van der Waals surface area contributed by atoms with Crippen LogP contribution in [0.4, 0.5) is 9.18 Å². The van der Waals surface area contributed by atoms with Gasteiger partial charge in [-0.25, -0.2) is 9.18 Å². The van der Waals surface area contributed by atoms with Crippen LogP contribution in [0.5, 0.6) is 0 Å². The molecule has 1 aromatic carbocycles. The van der Waals surface area contributed by atoms with E-state index in [4.69, 9.17) is 4.74 Å². The normalized spacial score (nSPS) is 22.2. The summed E-state index contributed by atoms with van der Waals surface area (Å²) >= 11 is 0. The molecule has 122 valence electrons. The third kappa shape index (κ3) is 4.70. The van der Waals surface area contributed by atoms with E-state index in [1.807, 2.05) is 26.8 Å². The van der Waals surface area contributed by atoms with Crippen molar-refractivity contribution in [3.63, 3.8) is 0 Å². The standard InChI is InChI=1S/C17H25FN2O2/c1-12-9-15(7-8-22-12)20-16(21)19-11-17(2,3)13-5-4-6-14(18)10-13/h4-6,10,12,15H,7-9,11H2,1-3H3,(H2,19,20,21)/t12-,15+/m1/s1. The Morgan fingerprint density at radius 1 is 1.45 bits per heavy atom. The molecule has 0 spiro atoms. The van der Waals surface area contributed by atoms with E-state index in [1.165, 1.54) is 12.1 Å². The molecular formula is C17H25FN2O2. The van der Waals surface area contributed by atoms with E-state index in [0.29, 0.717) is 13.2 Å². The fraction of sp³-hybridized carbons (Fsp3) is 0.588. The summed E-state index contributed by atoms with van der Waals surface area (Å²) in [6.45, 7) is 7.11. The summed E-state index contributed by atoms with van der Waals surface area (Å²) in [7, 11) is 0. The molecule has 2 rings (SSSR count). The highest BCUT2D eigenvalue weighted by Gasteiger charge is 2.24. The van der Waals surface area contributed by atoms with Gasteiger partial charge in [0.15, 0.2) is 0 Å². The maximum Gasteiger partial charge on any atom is 0.315 e. The average Bonchev–Trinajstić information content (AvgIpc) is 2.45. The second-order valence-electron chi connectivity index (χ2n) is 6.62. The first-order valence-electron chi connectivity index (χ1n) is 7.79. The van der Waals surface area contributed by atoms with E-state index in [-0.39, 0.29) is 29.4 Å². The Morgan fingerprint density at radius 2 is 2.23 bits per heavy atom. The highest BCUT2D eigenvalue weighted by atomic mass is 19.1. The first kappa shape index (κ1) is 16.7. The molecule has 1 aliphatic heterocycles. The number of hydrogen-bond donors (Lipinski definition) is 2. The molecule has 2 atom stereocenters. The third-order valence-corrected chi connectivity index (χ3v) is 4.12. The van der Waals surface area contributed by atoms with E-state index in [0.717, 1.165) is 18.4 Å². The van der Waals surface area contributed by atoms with Gasteiger partial charge in [-0.3, -0.25) is 0 Å². The Balaban J connectivity index is 1.84. The van der Waals surface area contributed by atoms with Gasteiger partial charge in [0.25, 0.3) is 0 Å². The van der Waals surface area contributed by atoms with Gasteiger partial charge in [-0.2, -0.15) is 0 Å². The van der Waals surface area contributed by atoms with Gasteiger partial charge in [0, 0.05) is 24.6 Å². The van der Waals surface area contributed by atoms with Gasteiger partial charge in [-0.15, -0.1) is 0 Å². The van der Waals surface area contributed by atoms with Gasteiger partial charge in [0.2, 0.25) is 0 Å². The van der Waals surface area contributed by atoms with Gasteiger partial charge in [0.1, 0.15) is 5.82 Å². The number of halogens is 1. The maximum absolute atomic E-state index is 13.3. The molecule has 1 heterocycles. The van der Waals surface area contributed by atoms with Crippen molar-refractivity contribution in [3.8, 4) is 0 Å². The van der Waals surface area contributed by atoms with Crippen LogP contribution in [0.3, 0.4) is 0 Å². The molecule has 1 aromatic rings. The quantitative estimate of drug-likeness (QED) is 0.898. The van der Waals surface area contributed by atoms with Crippen LogP contribution in [0.1, 0.15) is 39.2 Å². The first-order valence-corrected chi connectivity index (χ1v) is 7.79. The number of nitrogens with one attached hydrogen (secondary N) is 2. The number of urea groups is 1. The monoisotopic (exact) mass is 308 g/mol. The molecule has 1 fully saturated rings. The van der Waals surface area contributed by atoms with Crippen molar-refractivity contribution in [2.24, 2.45) is 0 Å². The maximum atomic E-state index is 13.3. The average molecular weight is 308 g/mol. The lowest BCUT2D eigenvalue weighted by Gasteiger charge is -2.29. The summed E-state index contributed by atoms with van der Waals surface area (Å²) in [6, 6.07) is 6.48. The SMILES string of the molecule is C[C@@H]1C[C@@H](NC(=O)NCC(C)(C)c2cccc(F)c2)CCO1. The smallest absolute Gasteiger partial charge is 0.315 e. The number of carbonyl (C=O) groups is 1. The number of ether oxygens (including phenoxy) is 1. The van der Waals surface area contributed by atoms with E-state index in [9.17, 15) is 9.18 Å². The van der Waals surface area contributed by atoms with E-state index < -0.39 is 0 Å². The number of rotatable bonds is 4. The molecule has 22 heavy (non-hydrogen) atoms. The number of hydrogen-bond acceptors (Lipinski definition) is 2. The van der Waals surface area contributed by atoms with Crippen molar-refractivity contribution >= 4 is 6.03 Å². The molecular weight excluding hydrogens is 283 g/mol. The summed E-state index contributed by atoms with van der Waals surface area (Å²) < 4.78 is 18.8. The van der Waals surface area contributed by atoms with Crippen molar-refractivity contribution in [2.45, 2.75) is 51.2 Å². The van der Waals surface area contributed by atoms with Crippen LogP contribution in [-0.2, 0) is 10.2 Å². The molecule has 0 aliphatic carbocycles. The summed E-state index contributed by atoms with van der Waals surface area (Å²) in [5, 5.41) is 5.87. The Bertz CT molecular complexity index is 519. The summed E-state index contributed by atoms with van der Waals surface area (Å²) in [4.78, 5) is 12.0. The first-order chi connectivity index (χ1) is 10.4. The summed E-state index contributed by atoms with van der Waals surface area (Å²) in [5.74, 6) is -0.258. The number of amides is 2. The number of carbonyl (C=O) groups excluding carboxylic acids is 1. The topological polar surface area (TPSA) is 50.4 Å². The highest BCUT2D eigenvalue weighted by molar-refractivity contribution is 5.74. The molecule has 0 unspecified atom stereocenters. The van der Waals surface area contributed by atoms with Crippen LogP contribution in [0.25, 0.3) is 0 Å². The zero-order chi connectivity index (χ0) is 16.2. The lowest BCUT2D eigenvalue weighted by molar-refractivity contribution is 0.0154. The minimum atomic E-state index is -0.331. The lowest BCUT2D eigenvalue weighted by Crippen LogP contribution is -2.48. The molecule has 0 bridgehead atoms. The van der Waals surface area contributed by atoms with Crippen molar-refractivity contribution in [3.05, 3.63) is 35.6 Å². The molecule has 1 saturated heterocycles. The molecule has 0 saturated carbocycles. The zero-order valence-corrected chi connectivity index (χ0v) is 13.5. The van der Waals surface area contributed by atoms with E-state index in [1.54, 1.807) is 6.07 Å². The Morgan fingerprint density at radius 3 is 2.91 bits per heavy atom. The molecule has 2 amide bonds. The van der Waals surface area contributed by atoms with Gasteiger partial charge in [-0.1, -0.05) is 26.0 Å². The third-order valence-electron chi connectivity index (χ3n) is 4.12. The van der Waals surface area contributed by atoms with Crippen LogP contribution in [0.2, 0.25) is 0 Å². The Kier molecular flexibility index (Phi) is 5.40. The van der Waals surface area contributed by atoms with Crippen LogP contribution in [-0.4, -0.2) is 31.3 Å². The van der Waals surface area contributed by atoms with Crippen LogP contribution in [0, 0.1) is 5.82 Å². The molecule has 5 heteroatoms. The van der Waals surface area contributed by atoms with Crippen LogP contribution >= 0.6 is 0 Å². The summed E-state index contributed by atoms with van der Waals surface area (Å²) in [6.07, 6.45) is 1.86. The summed E-state index contributed by atoms with van der Waals surface area (Å²) in [5.41, 5.74) is 0.537. The van der Waals surface area contributed by atoms with Gasteiger partial charge >= 0.3 is 6.03 Å². The minimum Gasteiger partial charge on any atom is -0.378 e. The predicted molar refractivity (Wildman–Crippen MR) is 84.4 cm³/mol. The largest absolute Gasteiger partial charge is 0.378 e. The fourth-order valence-electron chi connectivity index (χ4n) is 2.68. The lowest BCUT2D eigenvalue weighted by atomic mass is 9.84. The van der Waals surface area contributed by atoms with Gasteiger partial charge < -0.3 is 15.4 Å². The highest BCUT2D eigenvalue weighted by Crippen LogP contribution is 2.22. The van der Waals surface area contributed by atoms with Gasteiger partial charge in [-0.05, 0) is 37.5 Å². The van der Waals surface area contributed by atoms with Crippen molar-refractivity contribution in [2.75, 3.05) is 13.2 Å². The Hall–Kier alpha value is -1.62.